The number of benzene rings is 1. The smallest absolute Gasteiger partial charge is 0.244 e. The van der Waals surface area contributed by atoms with Gasteiger partial charge in [0, 0.05) is 24.3 Å². The molecule has 5 nitrogen and oxygen atoms in total. The van der Waals surface area contributed by atoms with E-state index in [1.165, 1.54) is 29.7 Å². The number of hydrogen-bond donors (Lipinski definition) is 1. The molecule has 0 unspecified atom stereocenters. The maximum absolute atomic E-state index is 12.4. The molecular formula is C13H14BrN3O2S. The summed E-state index contributed by atoms with van der Waals surface area (Å²) in [5, 5.41) is 0. The van der Waals surface area contributed by atoms with Gasteiger partial charge in [0.1, 0.15) is 10.7 Å². The van der Waals surface area contributed by atoms with Crippen LogP contribution in [0.25, 0.3) is 0 Å². The Kier molecular flexibility index (Phi) is 4.42. The van der Waals surface area contributed by atoms with Gasteiger partial charge in [0.15, 0.2) is 0 Å². The molecule has 0 aliphatic carbocycles. The van der Waals surface area contributed by atoms with E-state index < -0.39 is 10.0 Å². The zero-order valence-corrected chi connectivity index (χ0v) is 13.2. The number of rotatable bonds is 4. The number of halogens is 1. The third kappa shape index (κ3) is 3.36. The summed E-state index contributed by atoms with van der Waals surface area (Å²) in [7, 11) is -2.03. The van der Waals surface area contributed by atoms with Gasteiger partial charge in [0.05, 0.1) is 0 Å². The SMILES string of the molecule is CN(Cc1cccc(Br)c1)S(=O)(=O)c1ccc(N)nc1. The zero-order valence-electron chi connectivity index (χ0n) is 10.8. The van der Waals surface area contributed by atoms with Crippen molar-refractivity contribution in [3.63, 3.8) is 0 Å². The molecule has 1 aromatic heterocycles. The Morgan fingerprint density at radius 3 is 2.65 bits per heavy atom. The van der Waals surface area contributed by atoms with Crippen LogP contribution in [0.1, 0.15) is 5.56 Å². The summed E-state index contributed by atoms with van der Waals surface area (Å²) >= 11 is 3.36. The molecule has 2 N–H and O–H groups in total. The monoisotopic (exact) mass is 355 g/mol. The first kappa shape index (κ1) is 15.0. The van der Waals surface area contributed by atoms with Crippen molar-refractivity contribution in [2.24, 2.45) is 0 Å². The van der Waals surface area contributed by atoms with E-state index >= 15 is 0 Å². The molecule has 2 aromatic rings. The number of hydrogen-bond acceptors (Lipinski definition) is 4. The lowest BCUT2D eigenvalue weighted by molar-refractivity contribution is 0.466. The van der Waals surface area contributed by atoms with Crippen LogP contribution in [-0.4, -0.2) is 24.8 Å². The number of pyridine rings is 1. The maximum Gasteiger partial charge on any atom is 0.244 e. The van der Waals surface area contributed by atoms with Gasteiger partial charge in [-0.1, -0.05) is 28.1 Å². The minimum atomic E-state index is -3.57. The van der Waals surface area contributed by atoms with E-state index in [0.29, 0.717) is 5.82 Å². The molecule has 0 saturated heterocycles. The fraction of sp³-hybridized carbons (Fsp3) is 0.154. The van der Waals surface area contributed by atoms with Crippen LogP contribution in [-0.2, 0) is 16.6 Å². The van der Waals surface area contributed by atoms with Crippen LogP contribution in [0.4, 0.5) is 5.82 Å². The van der Waals surface area contributed by atoms with Crippen LogP contribution < -0.4 is 5.73 Å². The number of nitrogens with zero attached hydrogens (tertiary/aromatic N) is 2. The number of sulfonamides is 1. The third-order valence-corrected chi connectivity index (χ3v) is 5.04. The fourth-order valence-electron chi connectivity index (χ4n) is 1.70. The molecule has 106 valence electrons. The van der Waals surface area contributed by atoms with Crippen LogP contribution in [0.5, 0.6) is 0 Å². The number of nitrogens with two attached hydrogens (primary N) is 1. The van der Waals surface area contributed by atoms with Gasteiger partial charge < -0.3 is 5.73 Å². The standard InChI is InChI=1S/C13H14BrN3O2S/c1-17(9-10-3-2-4-11(14)7-10)20(18,19)12-5-6-13(15)16-8-12/h2-8H,9H2,1H3,(H2,15,16). The second kappa shape index (κ2) is 5.90. The van der Waals surface area contributed by atoms with Crippen molar-refractivity contribution < 1.29 is 8.42 Å². The second-order valence-electron chi connectivity index (χ2n) is 4.31. The van der Waals surface area contributed by atoms with Gasteiger partial charge >= 0.3 is 0 Å². The van der Waals surface area contributed by atoms with Crippen LogP contribution in [0.3, 0.4) is 0 Å². The van der Waals surface area contributed by atoms with E-state index in [1.54, 1.807) is 0 Å². The summed E-state index contributed by atoms with van der Waals surface area (Å²) in [6.07, 6.45) is 1.27. The van der Waals surface area contributed by atoms with E-state index in [1.807, 2.05) is 24.3 Å². The van der Waals surface area contributed by atoms with Crippen molar-refractivity contribution in [1.82, 2.24) is 9.29 Å². The normalized spacial score (nSPS) is 11.8. The average molecular weight is 356 g/mol. The van der Waals surface area contributed by atoms with Gasteiger partial charge in [-0.25, -0.2) is 13.4 Å². The summed E-state index contributed by atoms with van der Waals surface area (Å²) in [5.41, 5.74) is 6.36. The molecule has 0 spiro atoms. The van der Waals surface area contributed by atoms with Crippen molar-refractivity contribution in [2.45, 2.75) is 11.4 Å². The lowest BCUT2D eigenvalue weighted by atomic mass is 10.2. The molecule has 2 rings (SSSR count). The van der Waals surface area contributed by atoms with Crippen molar-refractivity contribution in [3.05, 3.63) is 52.6 Å². The van der Waals surface area contributed by atoms with Crippen molar-refractivity contribution in [3.8, 4) is 0 Å². The van der Waals surface area contributed by atoms with Crippen LogP contribution >= 0.6 is 15.9 Å². The predicted octanol–water partition coefficient (Wildman–Crippen LogP) is 2.25. The molecule has 0 aliphatic heterocycles. The molecule has 7 heteroatoms. The highest BCUT2D eigenvalue weighted by atomic mass is 79.9. The van der Waals surface area contributed by atoms with Crippen molar-refractivity contribution in [2.75, 3.05) is 12.8 Å². The van der Waals surface area contributed by atoms with Crippen molar-refractivity contribution in [1.29, 1.82) is 0 Å². The molecule has 0 bridgehead atoms. The van der Waals surface area contributed by atoms with Crippen molar-refractivity contribution >= 4 is 31.8 Å². The van der Waals surface area contributed by atoms with Gasteiger partial charge in [-0.15, -0.1) is 0 Å². The Bertz CT molecular complexity index is 702. The maximum atomic E-state index is 12.4. The summed E-state index contributed by atoms with van der Waals surface area (Å²) in [6, 6.07) is 10.4. The highest BCUT2D eigenvalue weighted by molar-refractivity contribution is 9.10. The molecule has 0 saturated carbocycles. The van der Waals surface area contributed by atoms with E-state index in [-0.39, 0.29) is 11.4 Å². The van der Waals surface area contributed by atoms with E-state index in [2.05, 4.69) is 20.9 Å². The van der Waals surface area contributed by atoms with Gasteiger partial charge in [0.2, 0.25) is 10.0 Å². The second-order valence-corrected chi connectivity index (χ2v) is 7.27. The van der Waals surface area contributed by atoms with Crippen LogP contribution in [0.15, 0.2) is 52.0 Å². The summed E-state index contributed by atoms with van der Waals surface area (Å²) in [6.45, 7) is 0.284. The van der Waals surface area contributed by atoms with Gasteiger partial charge in [-0.3, -0.25) is 0 Å². The lowest BCUT2D eigenvalue weighted by Crippen LogP contribution is -2.26. The predicted molar refractivity (Wildman–Crippen MR) is 81.4 cm³/mol. The van der Waals surface area contributed by atoms with Gasteiger partial charge in [-0.05, 0) is 29.8 Å². The van der Waals surface area contributed by atoms with Gasteiger partial charge in [-0.2, -0.15) is 4.31 Å². The summed E-state index contributed by atoms with van der Waals surface area (Å²) in [4.78, 5) is 3.94. The average Bonchev–Trinajstić information content (AvgIpc) is 2.39. The molecule has 0 atom stereocenters. The number of anilines is 1. The Morgan fingerprint density at radius 2 is 2.05 bits per heavy atom. The topological polar surface area (TPSA) is 76.3 Å². The minimum absolute atomic E-state index is 0.129. The quantitative estimate of drug-likeness (QED) is 0.912. The third-order valence-electron chi connectivity index (χ3n) is 2.76. The summed E-state index contributed by atoms with van der Waals surface area (Å²) < 4.78 is 26.9. The van der Waals surface area contributed by atoms with E-state index in [9.17, 15) is 8.42 Å². The Labute approximate surface area is 126 Å². The molecular weight excluding hydrogens is 342 g/mol. The summed E-state index contributed by atoms with van der Waals surface area (Å²) in [5.74, 6) is 0.290. The molecule has 1 aromatic carbocycles. The molecule has 0 aliphatic rings. The molecule has 1 heterocycles. The largest absolute Gasteiger partial charge is 0.384 e. The zero-order chi connectivity index (χ0) is 14.8. The van der Waals surface area contributed by atoms with Crippen LogP contribution in [0, 0.1) is 0 Å². The Hall–Kier alpha value is -1.44. The minimum Gasteiger partial charge on any atom is -0.384 e. The first-order valence-electron chi connectivity index (χ1n) is 5.82. The molecule has 0 fully saturated rings. The molecule has 0 radical (unpaired) electrons. The Morgan fingerprint density at radius 1 is 1.30 bits per heavy atom. The van der Waals surface area contributed by atoms with Crippen LogP contribution in [0.2, 0.25) is 0 Å². The number of aromatic nitrogens is 1. The highest BCUT2D eigenvalue weighted by Crippen LogP contribution is 2.18. The van der Waals surface area contributed by atoms with E-state index in [4.69, 9.17) is 5.73 Å². The first-order chi connectivity index (χ1) is 9.39. The highest BCUT2D eigenvalue weighted by Gasteiger charge is 2.21. The van der Waals surface area contributed by atoms with E-state index in [0.717, 1.165) is 10.0 Å². The first-order valence-corrected chi connectivity index (χ1v) is 8.05. The number of nitrogen functional groups attached to an aromatic ring is 1. The fourth-order valence-corrected chi connectivity index (χ4v) is 3.25. The molecule has 0 amide bonds. The molecule has 20 heavy (non-hydrogen) atoms. The Balaban J connectivity index is 2.23. The van der Waals surface area contributed by atoms with Gasteiger partial charge in [0.25, 0.3) is 0 Å². The lowest BCUT2D eigenvalue weighted by Gasteiger charge is -2.17.